The fourth-order valence-corrected chi connectivity index (χ4v) is 7.32. The SMILES string of the molecule is COC(=O)C1(C)C(OC(C)=O)CCC2(C)C3CCC(=CC(=O)N(C)CCO)C(C)C3C(O)C(=O)C21. The van der Waals surface area contributed by atoms with Gasteiger partial charge >= 0.3 is 11.9 Å². The molecule has 3 saturated carbocycles. The first kappa shape index (κ1) is 27.3. The Kier molecular flexibility index (Phi) is 7.82. The van der Waals surface area contributed by atoms with Crippen molar-refractivity contribution >= 4 is 23.6 Å². The summed E-state index contributed by atoms with van der Waals surface area (Å²) in [5, 5.41) is 20.5. The van der Waals surface area contributed by atoms with Gasteiger partial charge in [0.2, 0.25) is 5.91 Å². The summed E-state index contributed by atoms with van der Waals surface area (Å²) in [6.07, 6.45) is 1.68. The van der Waals surface area contributed by atoms with Gasteiger partial charge in [0.1, 0.15) is 17.6 Å². The number of hydrogen-bond donors (Lipinski definition) is 2. The van der Waals surface area contributed by atoms with Crippen molar-refractivity contribution in [3.8, 4) is 0 Å². The fourth-order valence-electron chi connectivity index (χ4n) is 7.32. The van der Waals surface area contributed by atoms with Gasteiger partial charge in [-0.2, -0.15) is 0 Å². The number of aliphatic hydroxyl groups excluding tert-OH is 2. The molecule has 8 unspecified atom stereocenters. The van der Waals surface area contributed by atoms with Gasteiger partial charge in [0.25, 0.3) is 0 Å². The van der Waals surface area contributed by atoms with E-state index in [9.17, 15) is 24.3 Å². The lowest BCUT2D eigenvalue weighted by molar-refractivity contribution is -0.215. The van der Waals surface area contributed by atoms with Crippen LogP contribution < -0.4 is 0 Å². The first-order chi connectivity index (χ1) is 16.3. The number of Topliss-reactive ketones (excluding diaryl/α,β-unsaturated/α-hetero) is 1. The van der Waals surface area contributed by atoms with Crippen LogP contribution in [0, 0.1) is 34.5 Å². The zero-order valence-electron chi connectivity index (χ0n) is 21.6. The first-order valence-corrected chi connectivity index (χ1v) is 12.4. The van der Waals surface area contributed by atoms with Crippen molar-refractivity contribution in [1.82, 2.24) is 4.90 Å². The van der Waals surface area contributed by atoms with Crippen molar-refractivity contribution in [2.75, 3.05) is 27.3 Å². The zero-order chi connectivity index (χ0) is 26.3. The lowest BCUT2D eigenvalue weighted by Crippen LogP contribution is -2.68. The van der Waals surface area contributed by atoms with E-state index in [2.05, 4.69) is 0 Å². The monoisotopic (exact) mass is 493 g/mol. The lowest BCUT2D eigenvalue weighted by atomic mass is 9.41. The number of allylic oxidation sites excluding steroid dienone is 1. The van der Waals surface area contributed by atoms with Crippen LogP contribution in [0.3, 0.4) is 0 Å². The van der Waals surface area contributed by atoms with Crippen molar-refractivity contribution in [2.45, 2.75) is 65.6 Å². The average molecular weight is 494 g/mol. The number of fused-ring (bicyclic) bond motifs is 3. The maximum Gasteiger partial charge on any atom is 0.316 e. The highest BCUT2D eigenvalue weighted by Crippen LogP contribution is 2.64. The molecule has 0 bridgehead atoms. The number of ether oxygens (including phenoxy) is 2. The zero-order valence-corrected chi connectivity index (χ0v) is 21.6. The standard InChI is InChI=1S/C26H39NO8/c1-14-16(13-19(30)27(5)11-12-28)7-8-17-20(14)21(31)22(32)23-25(17,3)10-9-18(35-15(2)29)26(23,4)24(33)34-6/h13-14,17-18,20-21,23,28,31H,7-12H2,1-6H3. The van der Waals surface area contributed by atoms with E-state index in [1.54, 1.807) is 20.0 Å². The van der Waals surface area contributed by atoms with E-state index in [1.165, 1.54) is 18.9 Å². The predicted molar refractivity (Wildman–Crippen MR) is 126 cm³/mol. The Hall–Kier alpha value is -2.26. The molecule has 1 amide bonds. The number of hydrogen-bond acceptors (Lipinski definition) is 8. The van der Waals surface area contributed by atoms with Gasteiger partial charge in [-0.3, -0.25) is 19.2 Å². The Labute approximate surface area is 206 Å². The maximum atomic E-state index is 13.8. The summed E-state index contributed by atoms with van der Waals surface area (Å²) in [5.41, 5.74) is -1.16. The highest BCUT2D eigenvalue weighted by Gasteiger charge is 2.69. The molecule has 0 spiro atoms. The van der Waals surface area contributed by atoms with E-state index in [0.29, 0.717) is 25.7 Å². The summed E-state index contributed by atoms with van der Waals surface area (Å²) in [6.45, 7) is 6.92. The second-order valence-electron chi connectivity index (χ2n) is 10.9. The molecule has 0 aromatic rings. The number of amides is 1. The quantitative estimate of drug-likeness (QED) is 0.435. The van der Waals surface area contributed by atoms with Crippen LogP contribution in [-0.4, -0.2) is 78.3 Å². The summed E-state index contributed by atoms with van der Waals surface area (Å²) >= 11 is 0. The fraction of sp³-hybridized carbons (Fsp3) is 0.769. The predicted octanol–water partition coefficient (Wildman–Crippen LogP) is 1.50. The molecule has 35 heavy (non-hydrogen) atoms. The minimum atomic E-state index is -1.42. The van der Waals surface area contributed by atoms with Crippen molar-refractivity contribution < 1.29 is 38.9 Å². The van der Waals surface area contributed by atoms with Crippen LogP contribution in [0.5, 0.6) is 0 Å². The van der Waals surface area contributed by atoms with Gasteiger partial charge in [0, 0.05) is 38.4 Å². The molecular formula is C26H39NO8. The number of carbonyl (C=O) groups is 4. The first-order valence-electron chi connectivity index (χ1n) is 12.4. The van der Waals surface area contributed by atoms with Gasteiger partial charge in [-0.15, -0.1) is 0 Å². The molecule has 3 fully saturated rings. The number of carbonyl (C=O) groups excluding carboxylic acids is 4. The second kappa shape index (κ2) is 10.0. The van der Waals surface area contributed by atoms with Crippen LogP contribution in [0.25, 0.3) is 0 Å². The summed E-state index contributed by atoms with van der Waals surface area (Å²) in [6, 6.07) is 0. The molecule has 0 saturated heterocycles. The van der Waals surface area contributed by atoms with Crippen molar-refractivity contribution in [1.29, 1.82) is 0 Å². The van der Waals surface area contributed by atoms with Crippen LogP contribution in [-0.2, 0) is 28.7 Å². The Morgan fingerprint density at radius 1 is 1.23 bits per heavy atom. The number of likely N-dealkylation sites (N-methyl/N-ethyl adjacent to an activating group) is 1. The molecule has 3 aliphatic carbocycles. The highest BCUT2D eigenvalue weighted by atomic mass is 16.6. The van der Waals surface area contributed by atoms with Crippen LogP contribution in [0.15, 0.2) is 11.6 Å². The number of nitrogens with zero attached hydrogens (tertiary/aromatic N) is 1. The van der Waals surface area contributed by atoms with Gasteiger partial charge in [-0.25, -0.2) is 0 Å². The minimum absolute atomic E-state index is 0.0696. The minimum Gasteiger partial charge on any atom is -0.468 e. The van der Waals surface area contributed by atoms with Crippen molar-refractivity contribution in [3.63, 3.8) is 0 Å². The van der Waals surface area contributed by atoms with Gasteiger partial charge in [0.05, 0.1) is 13.7 Å². The van der Waals surface area contributed by atoms with Crippen molar-refractivity contribution in [3.05, 3.63) is 11.6 Å². The molecule has 8 atom stereocenters. The number of esters is 2. The third kappa shape index (κ3) is 4.42. The number of ketones is 1. The molecule has 9 nitrogen and oxygen atoms in total. The summed E-state index contributed by atoms with van der Waals surface area (Å²) in [4.78, 5) is 52.8. The van der Waals surface area contributed by atoms with E-state index < -0.39 is 52.6 Å². The largest absolute Gasteiger partial charge is 0.468 e. The molecule has 3 aliphatic rings. The van der Waals surface area contributed by atoms with Gasteiger partial charge in [0.15, 0.2) is 5.78 Å². The van der Waals surface area contributed by atoms with E-state index in [0.717, 1.165) is 5.57 Å². The van der Waals surface area contributed by atoms with Gasteiger partial charge in [-0.1, -0.05) is 19.4 Å². The molecular weight excluding hydrogens is 454 g/mol. The third-order valence-electron chi connectivity index (χ3n) is 9.09. The third-order valence-corrected chi connectivity index (χ3v) is 9.09. The topological polar surface area (TPSA) is 130 Å². The Bertz CT molecular complexity index is 915. The Morgan fingerprint density at radius 2 is 1.89 bits per heavy atom. The molecule has 3 rings (SSSR count). The lowest BCUT2D eigenvalue weighted by Gasteiger charge is -2.62. The van der Waals surface area contributed by atoms with E-state index in [1.807, 2.05) is 13.8 Å². The molecule has 0 aliphatic heterocycles. The highest BCUT2D eigenvalue weighted by molar-refractivity contribution is 5.94. The van der Waals surface area contributed by atoms with E-state index in [-0.39, 0.29) is 30.9 Å². The Balaban J connectivity index is 2.01. The van der Waals surface area contributed by atoms with Gasteiger partial charge in [-0.05, 0) is 49.9 Å². The van der Waals surface area contributed by atoms with E-state index >= 15 is 0 Å². The van der Waals surface area contributed by atoms with Crippen LogP contribution >= 0.6 is 0 Å². The maximum absolute atomic E-state index is 13.8. The molecule has 2 N–H and O–H groups in total. The molecule has 196 valence electrons. The van der Waals surface area contributed by atoms with Gasteiger partial charge < -0.3 is 24.6 Å². The summed E-state index contributed by atoms with van der Waals surface area (Å²) in [5.74, 6) is -3.37. The van der Waals surface area contributed by atoms with Crippen LogP contribution in [0.2, 0.25) is 0 Å². The molecule has 0 aromatic heterocycles. The number of methoxy groups -OCH3 is 1. The Morgan fingerprint density at radius 3 is 2.46 bits per heavy atom. The number of rotatable bonds is 5. The van der Waals surface area contributed by atoms with Crippen molar-refractivity contribution in [2.24, 2.45) is 34.5 Å². The molecule has 0 radical (unpaired) electrons. The molecule has 0 aromatic carbocycles. The second-order valence-corrected chi connectivity index (χ2v) is 10.9. The normalized spacial score (nSPS) is 39.9. The summed E-state index contributed by atoms with van der Waals surface area (Å²) < 4.78 is 10.6. The van der Waals surface area contributed by atoms with Crippen LogP contribution in [0.1, 0.15) is 53.4 Å². The smallest absolute Gasteiger partial charge is 0.316 e. The van der Waals surface area contributed by atoms with E-state index in [4.69, 9.17) is 14.6 Å². The molecule has 0 heterocycles. The van der Waals surface area contributed by atoms with Crippen LogP contribution in [0.4, 0.5) is 0 Å². The summed E-state index contributed by atoms with van der Waals surface area (Å²) in [7, 11) is 2.87. The molecule has 9 heteroatoms. The number of aliphatic hydroxyl groups is 2. The average Bonchev–Trinajstić information content (AvgIpc) is 2.80.